The van der Waals surface area contributed by atoms with E-state index >= 15 is 0 Å². The predicted molar refractivity (Wildman–Crippen MR) is 85.3 cm³/mol. The zero-order valence-corrected chi connectivity index (χ0v) is 13.6. The maximum absolute atomic E-state index is 11.5. The molecule has 1 aromatic rings. The van der Waals surface area contributed by atoms with Gasteiger partial charge in [0.2, 0.25) is 0 Å². The van der Waals surface area contributed by atoms with E-state index in [-0.39, 0.29) is 19.0 Å². The normalized spacial score (nSPS) is 11.7. The largest absolute Gasteiger partial charge is 0.481 e. The van der Waals surface area contributed by atoms with Gasteiger partial charge < -0.3 is 15.7 Å². The number of hydrogen-bond acceptors (Lipinski definition) is 2. The van der Waals surface area contributed by atoms with Gasteiger partial charge in [-0.2, -0.15) is 0 Å². The van der Waals surface area contributed by atoms with Gasteiger partial charge in [-0.15, -0.1) is 0 Å². The molecule has 0 spiro atoms. The molecule has 3 N–H and O–H groups in total. The Morgan fingerprint density at radius 1 is 1.33 bits per heavy atom. The molecule has 0 bridgehead atoms. The van der Waals surface area contributed by atoms with Gasteiger partial charge in [0, 0.05) is 17.6 Å². The molecule has 0 heterocycles. The average molecular weight is 357 g/mol. The summed E-state index contributed by atoms with van der Waals surface area (Å²) in [7, 11) is 0. The molecule has 0 aliphatic carbocycles. The van der Waals surface area contributed by atoms with Crippen molar-refractivity contribution in [2.75, 3.05) is 13.1 Å². The van der Waals surface area contributed by atoms with Crippen molar-refractivity contribution in [3.8, 4) is 0 Å². The van der Waals surface area contributed by atoms with Crippen molar-refractivity contribution >= 4 is 27.9 Å². The molecule has 0 radical (unpaired) electrons. The molecule has 21 heavy (non-hydrogen) atoms. The lowest BCUT2D eigenvalue weighted by atomic mass is 9.97. The summed E-state index contributed by atoms with van der Waals surface area (Å²) in [5, 5.41) is 13.8. The highest BCUT2D eigenvalue weighted by atomic mass is 79.9. The molecule has 0 saturated carbocycles. The topological polar surface area (TPSA) is 78.4 Å². The number of hydrogen-bond donors (Lipinski definition) is 3. The fourth-order valence-electron chi connectivity index (χ4n) is 1.94. The molecule has 1 unspecified atom stereocenters. The SMILES string of the molecule is CCC(CNC(=O)NCCC(=O)O)Cc1cccc(Br)c1. The average Bonchev–Trinajstić information content (AvgIpc) is 2.43. The van der Waals surface area contributed by atoms with Gasteiger partial charge in [-0.3, -0.25) is 4.79 Å². The van der Waals surface area contributed by atoms with E-state index in [1.807, 2.05) is 12.1 Å². The smallest absolute Gasteiger partial charge is 0.314 e. The minimum Gasteiger partial charge on any atom is -0.481 e. The van der Waals surface area contributed by atoms with Gasteiger partial charge >= 0.3 is 12.0 Å². The third-order valence-electron chi connectivity index (χ3n) is 3.17. The molecule has 1 rings (SSSR count). The molecular formula is C15H21BrN2O3. The molecule has 5 nitrogen and oxygen atoms in total. The van der Waals surface area contributed by atoms with Crippen molar-refractivity contribution in [3.63, 3.8) is 0 Å². The third kappa shape index (κ3) is 7.70. The maximum Gasteiger partial charge on any atom is 0.314 e. The van der Waals surface area contributed by atoms with Crippen LogP contribution in [0.2, 0.25) is 0 Å². The summed E-state index contributed by atoms with van der Waals surface area (Å²) >= 11 is 3.45. The molecule has 0 aliphatic rings. The Labute approximate surface area is 133 Å². The van der Waals surface area contributed by atoms with Crippen LogP contribution >= 0.6 is 15.9 Å². The number of halogens is 1. The second kappa shape index (κ2) is 9.39. The second-order valence-corrected chi connectivity index (χ2v) is 5.80. The summed E-state index contributed by atoms with van der Waals surface area (Å²) in [6, 6.07) is 7.82. The van der Waals surface area contributed by atoms with Gasteiger partial charge in [-0.05, 0) is 30.0 Å². The van der Waals surface area contributed by atoms with Crippen LogP contribution in [-0.4, -0.2) is 30.2 Å². The van der Waals surface area contributed by atoms with E-state index in [2.05, 4.69) is 45.6 Å². The molecule has 0 aliphatic heterocycles. The van der Waals surface area contributed by atoms with Crippen LogP contribution in [0.3, 0.4) is 0 Å². The fraction of sp³-hybridized carbons (Fsp3) is 0.467. The number of carbonyl (C=O) groups is 2. The number of amides is 2. The van der Waals surface area contributed by atoms with E-state index in [0.29, 0.717) is 12.5 Å². The molecule has 0 fully saturated rings. The second-order valence-electron chi connectivity index (χ2n) is 4.89. The van der Waals surface area contributed by atoms with Crippen LogP contribution in [0.4, 0.5) is 4.79 Å². The maximum atomic E-state index is 11.5. The van der Waals surface area contributed by atoms with Gasteiger partial charge in [-0.1, -0.05) is 41.4 Å². The summed E-state index contributed by atoms with van der Waals surface area (Å²) in [5.74, 6) is -0.569. The van der Waals surface area contributed by atoms with Crippen molar-refractivity contribution in [2.24, 2.45) is 5.92 Å². The van der Waals surface area contributed by atoms with E-state index in [4.69, 9.17) is 5.11 Å². The summed E-state index contributed by atoms with van der Waals surface area (Å²) in [4.78, 5) is 21.9. The van der Waals surface area contributed by atoms with Crippen LogP contribution < -0.4 is 10.6 Å². The Morgan fingerprint density at radius 3 is 2.71 bits per heavy atom. The van der Waals surface area contributed by atoms with Crippen LogP contribution in [-0.2, 0) is 11.2 Å². The highest BCUT2D eigenvalue weighted by Gasteiger charge is 2.10. The van der Waals surface area contributed by atoms with Crippen molar-refractivity contribution in [1.82, 2.24) is 10.6 Å². The lowest BCUT2D eigenvalue weighted by molar-refractivity contribution is -0.136. The predicted octanol–water partition coefficient (Wildman–Crippen LogP) is 2.79. The van der Waals surface area contributed by atoms with Crippen molar-refractivity contribution < 1.29 is 14.7 Å². The lowest BCUT2D eigenvalue weighted by Crippen LogP contribution is -2.39. The zero-order chi connectivity index (χ0) is 15.7. The molecule has 2 amide bonds. The molecule has 116 valence electrons. The summed E-state index contributed by atoms with van der Waals surface area (Å²) in [6.07, 6.45) is 1.79. The summed E-state index contributed by atoms with van der Waals surface area (Å²) in [5.41, 5.74) is 1.23. The lowest BCUT2D eigenvalue weighted by Gasteiger charge is -2.16. The number of nitrogens with one attached hydrogen (secondary N) is 2. The number of urea groups is 1. The third-order valence-corrected chi connectivity index (χ3v) is 3.66. The molecule has 6 heteroatoms. The molecule has 1 atom stereocenters. The van der Waals surface area contributed by atoms with Crippen LogP contribution in [0, 0.1) is 5.92 Å². The Balaban J connectivity index is 2.33. The van der Waals surface area contributed by atoms with Gasteiger partial charge in [0.1, 0.15) is 0 Å². The molecular weight excluding hydrogens is 336 g/mol. The number of rotatable bonds is 8. The van der Waals surface area contributed by atoms with E-state index in [1.54, 1.807) is 0 Å². The molecule has 1 aromatic carbocycles. The number of carbonyl (C=O) groups excluding carboxylic acids is 1. The van der Waals surface area contributed by atoms with Crippen molar-refractivity contribution in [3.05, 3.63) is 34.3 Å². The summed E-state index contributed by atoms with van der Waals surface area (Å²) < 4.78 is 1.05. The number of carboxylic acid groups (broad SMARTS) is 1. The fourth-order valence-corrected chi connectivity index (χ4v) is 2.39. The first-order valence-corrected chi connectivity index (χ1v) is 7.78. The van der Waals surface area contributed by atoms with E-state index in [9.17, 15) is 9.59 Å². The first-order chi connectivity index (χ1) is 10.0. The molecule has 0 aromatic heterocycles. The van der Waals surface area contributed by atoms with Crippen LogP contribution in [0.25, 0.3) is 0 Å². The van der Waals surface area contributed by atoms with Crippen molar-refractivity contribution in [1.29, 1.82) is 0 Å². The van der Waals surface area contributed by atoms with Gasteiger partial charge in [0.25, 0.3) is 0 Å². The van der Waals surface area contributed by atoms with E-state index in [0.717, 1.165) is 17.3 Å². The Hall–Kier alpha value is -1.56. The highest BCUT2D eigenvalue weighted by Crippen LogP contribution is 2.16. The number of carboxylic acids is 1. The van der Waals surface area contributed by atoms with Crippen LogP contribution in [0.5, 0.6) is 0 Å². The van der Waals surface area contributed by atoms with Crippen LogP contribution in [0.1, 0.15) is 25.3 Å². The zero-order valence-electron chi connectivity index (χ0n) is 12.1. The monoisotopic (exact) mass is 356 g/mol. The minimum absolute atomic E-state index is 0.0668. The van der Waals surface area contributed by atoms with Crippen LogP contribution in [0.15, 0.2) is 28.7 Å². The number of aliphatic carboxylic acids is 1. The quantitative estimate of drug-likeness (QED) is 0.670. The minimum atomic E-state index is -0.920. The number of benzene rings is 1. The summed E-state index contributed by atoms with van der Waals surface area (Å²) in [6.45, 7) is 2.80. The highest BCUT2D eigenvalue weighted by molar-refractivity contribution is 9.10. The Kier molecular flexibility index (Phi) is 7.82. The van der Waals surface area contributed by atoms with Gasteiger partial charge in [0.15, 0.2) is 0 Å². The first kappa shape index (κ1) is 17.5. The van der Waals surface area contributed by atoms with E-state index < -0.39 is 5.97 Å². The van der Waals surface area contributed by atoms with E-state index in [1.165, 1.54) is 5.56 Å². The van der Waals surface area contributed by atoms with Gasteiger partial charge in [0.05, 0.1) is 6.42 Å². The standard InChI is InChI=1S/C15H21BrN2O3/c1-2-11(8-12-4-3-5-13(16)9-12)10-18-15(21)17-7-6-14(19)20/h3-5,9,11H,2,6-8,10H2,1H3,(H,19,20)(H2,17,18,21). The Bertz CT molecular complexity index is 480. The van der Waals surface area contributed by atoms with Gasteiger partial charge in [-0.25, -0.2) is 4.79 Å². The molecule has 0 saturated heterocycles. The van der Waals surface area contributed by atoms with Crippen molar-refractivity contribution in [2.45, 2.75) is 26.2 Å². The first-order valence-electron chi connectivity index (χ1n) is 6.99. The Morgan fingerprint density at radius 2 is 2.10 bits per heavy atom.